The fourth-order valence-electron chi connectivity index (χ4n) is 1.06. The molecule has 1 aromatic rings. The molecular formula is C9H16N4O4S2. The van der Waals surface area contributed by atoms with E-state index in [-0.39, 0.29) is 22.0 Å². The minimum atomic E-state index is -3.86. The molecule has 2 N–H and O–H groups in total. The van der Waals surface area contributed by atoms with E-state index in [0.29, 0.717) is 0 Å². The van der Waals surface area contributed by atoms with Crippen LogP contribution >= 0.6 is 11.3 Å². The number of sulfonamides is 1. The zero-order chi connectivity index (χ0) is 14.8. The fourth-order valence-corrected chi connectivity index (χ4v) is 3.66. The zero-order valence-corrected chi connectivity index (χ0v) is 12.7. The smallest absolute Gasteiger partial charge is 0.272 e. The maximum absolute atomic E-state index is 12.2. The third-order valence-electron chi connectivity index (χ3n) is 2.51. The van der Waals surface area contributed by atoms with E-state index in [9.17, 15) is 18.3 Å². The molecule has 0 aliphatic heterocycles. The quantitative estimate of drug-likeness (QED) is 0.734. The third kappa shape index (κ3) is 3.47. The Labute approximate surface area is 115 Å². The average Bonchev–Trinajstić information content (AvgIpc) is 2.76. The van der Waals surface area contributed by atoms with Crippen molar-refractivity contribution in [1.82, 2.24) is 14.5 Å². The molecule has 0 spiro atoms. The van der Waals surface area contributed by atoms with Crippen LogP contribution < -0.4 is 5.32 Å². The third-order valence-corrected chi connectivity index (χ3v) is 5.76. The molecule has 0 aliphatic rings. The topological polar surface area (TPSA) is 112 Å². The summed E-state index contributed by atoms with van der Waals surface area (Å²) in [5.41, 5.74) is -0.960. The predicted octanol–water partition coefficient (Wildman–Crippen LogP) is -0.112. The van der Waals surface area contributed by atoms with Gasteiger partial charge < -0.3 is 10.4 Å². The predicted molar refractivity (Wildman–Crippen MR) is 70.3 cm³/mol. The van der Waals surface area contributed by atoms with E-state index in [2.05, 4.69) is 15.5 Å². The van der Waals surface area contributed by atoms with Crippen molar-refractivity contribution in [3.8, 4) is 0 Å². The number of aliphatic hydroxyl groups is 1. The second-order valence-electron chi connectivity index (χ2n) is 4.50. The molecule has 0 aromatic carbocycles. The normalized spacial score (nSPS) is 12.7. The van der Waals surface area contributed by atoms with Gasteiger partial charge in [-0.2, -0.15) is 4.31 Å². The van der Waals surface area contributed by atoms with Gasteiger partial charge in [-0.25, -0.2) is 8.42 Å². The number of hydrogen-bond acceptors (Lipinski definition) is 7. The Bertz CT molecular complexity index is 567. The van der Waals surface area contributed by atoms with E-state index < -0.39 is 15.6 Å². The lowest BCUT2D eigenvalue weighted by atomic mass is 10.1. The Morgan fingerprint density at radius 1 is 1.47 bits per heavy atom. The maximum Gasteiger partial charge on any atom is 0.272 e. The minimum Gasteiger partial charge on any atom is -0.394 e. The zero-order valence-electron chi connectivity index (χ0n) is 11.0. The number of aromatic nitrogens is 2. The Hall–Kier alpha value is -1.10. The highest BCUT2D eigenvalue weighted by molar-refractivity contribution is 7.91. The van der Waals surface area contributed by atoms with Crippen LogP contribution in [0.4, 0.5) is 5.13 Å². The molecule has 0 radical (unpaired) electrons. The van der Waals surface area contributed by atoms with Crippen LogP contribution in [-0.2, 0) is 14.8 Å². The lowest BCUT2D eigenvalue weighted by Gasteiger charge is -2.31. The van der Waals surface area contributed by atoms with E-state index in [1.54, 1.807) is 13.8 Å². The van der Waals surface area contributed by atoms with Gasteiger partial charge in [0, 0.05) is 14.0 Å². The standard InChI is InChI=1S/C9H16N4O4S2/c1-6(15)10-7-11-12-8(18-7)19(16,17)13(4)9(2,3)5-14/h14H,5H2,1-4H3,(H,10,11,15). The van der Waals surface area contributed by atoms with Crippen LogP contribution in [0.2, 0.25) is 0 Å². The van der Waals surface area contributed by atoms with Gasteiger partial charge in [-0.1, -0.05) is 11.3 Å². The molecule has 1 aromatic heterocycles. The van der Waals surface area contributed by atoms with Crippen molar-refractivity contribution in [2.24, 2.45) is 0 Å². The summed E-state index contributed by atoms with van der Waals surface area (Å²) in [5, 5.41) is 18.8. The number of nitrogens with zero attached hydrogens (tertiary/aromatic N) is 3. The summed E-state index contributed by atoms with van der Waals surface area (Å²) < 4.78 is 25.3. The number of carbonyl (C=O) groups excluding carboxylic acids is 1. The van der Waals surface area contributed by atoms with E-state index in [0.717, 1.165) is 15.6 Å². The molecule has 1 rings (SSSR count). The van der Waals surface area contributed by atoms with Crippen LogP contribution in [0, 0.1) is 0 Å². The van der Waals surface area contributed by atoms with Gasteiger partial charge in [0.15, 0.2) is 0 Å². The van der Waals surface area contributed by atoms with Gasteiger partial charge in [0.05, 0.1) is 12.1 Å². The molecule has 0 fully saturated rings. The molecule has 108 valence electrons. The second-order valence-corrected chi connectivity index (χ2v) is 7.62. The number of nitrogens with one attached hydrogen (secondary N) is 1. The number of aliphatic hydroxyl groups excluding tert-OH is 1. The van der Waals surface area contributed by atoms with Gasteiger partial charge in [-0.05, 0) is 13.8 Å². The van der Waals surface area contributed by atoms with Crippen molar-refractivity contribution in [3.63, 3.8) is 0 Å². The van der Waals surface area contributed by atoms with Crippen molar-refractivity contribution in [2.75, 3.05) is 19.0 Å². The monoisotopic (exact) mass is 308 g/mol. The Kier molecular flexibility index (Phi) is 4.61. The molecule has 19 heavy (non-hydrogen) atoms. The van der Waals surface area contributed by atoms with E-state index >= 15 is 0 Å². The highest BCUT2D eigenvalue weighted by Gasteiger charge is 2.36. The van der Waals surface area contributed by atoms with Crippen LogP contribution in [0.15, 0.2) is 4.34 Å². The van der Waals surface area contributed by atoms with Crippen molar-refractivity contribution >= 4 is 32.4 Å². The number of amides is 1. The summed E-state index contributed by atoms with van der Waals surface area (Å²) in [6.07, 6.45) is 0. The van der Waals surface area contributed by atoms with Crippen molar-refractivity contribution < 1.29 is 18.3 Å². The summed E-state index contributed by atoms with van der Waals surface area (Å²) in [5.74, 6) is -0.357. The van der Waals surface area contributed by atoms with Gasteiger partial charge in [0.25, 0.3) is 10.0 Å². The summed E-state index contributed by atoms with van der Waals surface area (Å²) in [7, 11) is -2.50. The van der Waals surface area contributed by atoms with Crippen molar-refractivity contribution in [1.29, 1.82) is 0 Å². The second kappa shape index (κ2) is 5.49. The molecule has 0 atom stereocenters. The largest absolute Gasteiger partial charge is 0.394 e. The van der Waals surface area contributed by atoms with Crippen molar-refractivity contribution in [2.45, 2.75) is 30.6 Å². The first-order chi connectivity index (χ1) is 8.61. The lowest BCUT2D eigenvalue weighted by Crippen LogP contribution is -2.47. The number of anilines is 1. The van der Waals surface area contributed by atoms with Crippen LogP contribution in [-0.4, -0.2) is 53.1 Å². The van der Waals surface area contributed by atoms with Crippen LogP contribution in [0.5, 0.6) is 0 Å². The average molecular weight is 308 g/mol. The molecule has 0 bridgehead atoms. The van der Waals surface area contributed by atoms with E-state index in [1.165, 1.54) is 14.0 Å². The molecule has 8 nitrogen and oxygen atoms in total. The van der Waals surface area contributed by atoms with E-state index in [1.807, 2.05) is 0 Å². The Morgan fingerprint density at radius 3 is 2.53 bits per heavy atom. The minimum absolute atomic E-state index is 0.112. The van der Waals surface area contributed by atoms with Gasteiger partial charge >= 0.3 is 0 Å². The van der Waals surface area contributed by atoms with Crippen LogP contribution in [0.1, 0.15) is 20.8 Å². The first-order valence-corrected chi connectivity index (χ1v) is 7.58. The summed E-state index contributed by atoms with van der Waals surface area (Å²) in [4.78, 5) is 10.8. The highest BCUT2D eigenvalue weighted by Crippen LogP contribution is 2.26. The van der Waals surface area contributed by atoms with Gasteiger partial charge in [-0.3, -0.25) is 4.79 Å². The summed E-state index contributed by atoms with van der Waals surface area (Å²) in [6.45, 7) is 4.12. The summed E-state index contributed by atoms with van der Waals surface area (Å²) >= 11 is 0.758. The molecule has 0 unspecified atom stereocenters. The molecule has 0 aliphatic carbocycles. The van der Waals surface area contributed by atoms with Gasteiger partial charge in [0.1, 0.15) is 0 Å². The lowest BCUT2D eigenvalue weighted by molar-refractivity contribution is -0.114. The number of likely N-dealkylation sites (N-methyl/N-ethyl adjacent to an activating group) is 1. The van der Waals surface area contributed by atoms with Crippen LogP contribution in [0.25, 0.3) is 0 Å². The summed E-state index contributed by atoms with van der Waals surface area (Å²) in [6, 6.07) is 0. The molecule has 0 saturated heterocycles. The Balaban J connectivity index is 3.07. The molecule has 0 saturated carbocycles. The van der Waals surface area contributed by atoms with Crippen molar-refractivity contribution in [3.05, 3.63) is 0 Å². The first kappa shape index (κ1) is 16.0. The molecule has 1 amide bonds. The van der Waals surface area contributed by atoms with Gasteiger partial charge in [0.2, 0.25) is 15.4 Å². The van der Waals surface area contributed by atoms with Gasteiger partial charge in [-0.15, -0.1) is 10.2 Å². The SMILES string of the molecule is CC(=O)Nc1nnc(S(=O)(=O)N(C)C(C)(C)CO)s1. The molecular weight excluding hydrogens is 292 g/mol. The number of carbonyl (C=O) groups is 1. The molecule has 1 heterocycles. The maximum atomic E-state index is 12.2. The molecule has 10 heteroatoms. The van der Waals surface area contributed by atoms with Crippen LogP contribution in [0.3, 0.4) is 0 Å². The number of hydrogen-bond donors (Lipinski definition) is 2. The fraction of sp³-hybridized carbons (Fsp3) is 0.667. The Morgan fingerprint density at radius 2 is 2.05 bits per heavy atom. The highest BCUT2D eigenvalue weighted by atomic mass is 32.2. The first-order valence-electron chi connectivity index (χ1n) is 5.32. The van der Waals surface area contributed by atoms with E-state index in [4.69, 9.17) is 0 Å². The number of rotatable bonds is 5.